The third-order valence-electron chi connectivity index (χ3n) is 3.44. The fourth-order valence-electron chi connectivity index (χ4n) is 2.36. The SMILES string of the molecule is COc1cccc(-c2n[nH]c(-c3ccccc3O)c2OC)c1. The van der Waals surface area contributed by atoms with Gasteiger partial charge in [-0.15, -0.1) is 0 Å². The Morgan fingerprint density at radius 2 is 1.82 bits per heavy atom. The lowest BCUT2D eigenvalue weighted by atomic mass is 10.1. The number of benzene rings is 2. The number of phenolic OH excluding ortho intramolecular Hbond substituents is 1. The zero-order valence-electron chi connectivity index (χ0n) is 12.3. The van der Waals surface area contributed by atoms with Crippen molar-refractivity contribution in [3.05, 3.63) is 48.5 Å². The normalized spacial score (nSPS) is 10.5. The van der Waals surface area contributed by atoms with Gasteiger partial charge < -0.3 is 14.6 Å². The summed E-state index contributed by atoms with van der Waals surface area (Å²) in [5.41, 5.74) is 2.81. The fraction of sp³-hybridized carbons (Fsp3) is 0.118. The molecule has 22 heavy (non-hydrogen) atoms. The molecule has 2 aromatic carbocycles. The summed E-state index contributed by atoms with van der Waals surface area (Å²) in [6.07, 6.45) is 0. The number of aromatic nitrogens is 2. The summed E-state index contributed by atoms with van der Waals surface area (Å²) in [6.45, 7) is 0. The molecule has 3 aromatic rings. The van der Waals surface area contributed by atoms with E-state index in [9.17, 15) is 5.11 Å². The van der Waals surface area contributed by atoms with Crippen molar-refractivity contribution in [3.8, 4) is 39.8 Å². The van der Waals surface area contributed by atoms with Crippen LogP contribution in [0.3, 0.4) is 0 Å². The van der Waals surface area contributed by atoms with Crippen LogP contribution in [-0.4, -0.2) is 29.5 Å². The van der Waals surface area contributed by atoms with E-state index in [-0.39, 0.29) is 5.75 Å². The molecule has 1 heterocycles. The smallest absolute Gasteiger partial charge is 0.172 e. The van der Waals surface area contributed by atoms with Crippen LogP contribution < -0.4 is 9.47 Å². The zero-order valence-corrected chi connectivity index (χ0v) is 12.3. The summed E-state index contributed by atoms with van der Waals surface area (Å²) in [4.78, 5) is 0. The first-order chi connectivity index (χ1) is 10.7. The van der Waals surface area contributed by atoms with Gasteiger partial charge >= 0.3 is 0 Å². The predicted molar refractivity (Wildman–Crippen MR) is 84.2 cm³/mol. The van der Waals surface area contributed by atoms with Gasteiger partial charge in [0.1, 0.15) is 22.9 Å². The van der Waals surface area contributed by atoms with Gasteiger partial charge in [0.2, 0.25) is 0 Å². The Bertz CT molecular complexity index is 796. The van der Waals surface area contributed by atoms with Gasteiger partial charge in [0.15, 0.2) is 5.75 Å². The average molecular weight is 296 g/mol. The number of phenols is 1. The van der Waals surface area contributed by atoms with Gasteiger partial charge in [0.05, 0.1) is 14.2 Å². The van der Waals surface area contributed by atoms with E-state index in [4.69, 9.17) is 9.47 Å². The van der Waals surface area contributed by atoms with Gasteiger partial charge in [-0.05, 0) is 24.3 Å². The third kappa shape index (κ3) is 2.37. The van der Waals surface area contributed by atoms with Crippen LogP contribution in [0.25, 0.3) is 22.5 Å². The molecule has 5 heteroatoms. The summed E-state index contributed by atoms with van der Waals surface area (Å²) in [7, 11) is 3.20. The number of aromatic hydroxyl groups is 1. The molecular weight excluding hydrogens is 280 g/mol. The Morgan fingerprint density at radius 3 is 2.55 bits per heavy atom. The molecule has 3 rings (SSSR count). The Kier molecular flexibility index (Phi) is 3.70. The predicted octanol–water partition coefficient (Wildman–Crippen LogP) is 3.47. The quantitative estimate of drug-likeness (QED) is 0.773. The van der Waals surface area contributed by atoms with Gasteiger partial charge in [-0.2, -0.15) is 5.10 Å². The minimum absolute atomic E-state index is 0.168. The minimum atomic E-state index is 0.168. The van der Waals surface area contributed by atoms with Crippen LogP contribution >= 0.6 is 0 Å². The van der Waals surface area contributed by atoms with E-state index in [1.54, 1.807) is 32.4 Å². The number of aromatic amines is 1. The average Bonchev–Trinajstić information content (AvgIpc) is 2.99. The molecule has 1 aromatic heterocycles. The van der Waals surface area contributed by atoms with E-state index >= 15 is 0 Å². The first kappa shape index (κ1) is 14.0. The maximum absolute atomic E-state index is 10.0. The van der Waals surface area contributed by atoms with Crippen molar-refractivity contribution < 1.29 is 14.6 Å². The van der Waals surface area contributed by atoms with Gasteiger partial charge in [0, 0.05) is 11.1 Å². The molecule has 2 N–H and O–H groups in total. The second-order valence-corrected chi connectivity index (χ2v) is 4.73. The largest absolute Gasteiger partial charge is 0.507 e. The van der Waals surface area contributed by atoms with Crippen molar-refractivity contribution in [2.24, 2.45) is 0 Å². The first-order valence-corrected chi connectivity index (χ1v) is 6.79. The minimum Gasteiger partial charge on any atom is -0.507 e. The number of H-pyrrole nitrogens is 1. The summed E-state index contributed by atoms with van der Waals surface area (Å²) in [6, 6.07) is 14.6. The molecule has 0 saturated heterocycles. The summed E-state index contributed by atoms with van der Waals surface area (Å²) >= 11 is 0. The number of methoxy groups -OCH3 is 2. The van der Waals surface area contributed by atoms with Crippen LogP contribution in [0.4, 0.5) is 0 Å². The highest BCUT2D eigenvalue weighted by Gasteiger charge is 2.19. The Balaban J connectivity index is 2.13. The second kappa shape index (κ2) is 5.81. The zero-order chi connectivity index (χ0) is 15.5. The fourth-order valence-corrected chi connectivity index (χ4v) is 2.36. The van der Waals surface area contributed by atoms with Crippen molar-refractivity contribution >= 4 is 0 Å². The number of nitrogens with one attached hydrogen (secondary N) is 1. The molecule has 0 aliphatic rings. The number of hydrogen-bond donors (Lipinski definition) is 2. The monoisotopic (exact) mass is 296 g/mol. The van der Waals surface area contributed by atoms with Gasteiger partial charge in [-0.1, -0.05) is 24.3 Å². The number of ether oxygens (including phenoxy) is 2. The molecule has 0 aliphatic heterocycles. The van der Waals surface area contributed by atoms with Gasteiger partial charge in [-0.3, -0.25) is 5.10 Å². The topological polar surface area (TPSA) is 67.4 Å². The van der Waals surface area contributed by atoms with Crippen LogP contribution in [0.5, 0.6) is 17.2 Å². The van der Waals surface area contributed by atoms with Crippen LogP contribution in [0.1, 0.15) is 0 Å². The highest BCUT2D eigenvalue weighted by Crippen LogP contribution is 2.40. The van der Waals surface area contributed by atoms with E-state index in [0.29, 0.717) is 22.7 Å². The number of rotatable bonds is 4. The maximum Gasteiger partial charge on any atom is 0.172 e. The lowest BCUT2D eigenvalue weighted by molar-refractivity contribution is 0.414. The summed E-state index contributed by atoms with van der Waals surface area (Å²) in [5.74, 6) is 1.49. The molecule has 0 radical (unpaired) electrons. The van der Waals surface area contributed by atoms with Gasteiger partial charge in [-0.25, -0.2) is 0 Å². The van der Waals surface area contributed by atoms with Crippen LogP contribution in [0.15, 0.2) is 48.5 Å². The summed E-state index contributed by atoms with van der Waals surface area (Å²) in [5, 5.41) is 17.3. The maximum atomic E-state index is 10.0. The second-order valence-electron chi connectivity index (χ2n) is 4.73. The Hall–Kier alpha value is -2.95. The molecule has 0 atom stereocenters. The number of nitrogens with zero attached hydrogens (tertiary/aromatic N) is 1. The van der Waals surface area contributed by atoms with Crippen molar-refractivity contribution in [1.29, 1.82) is 0 Å². The lowest BCUT2D eigenvalue weighted by Crippen LogP contribution is -1.89. The highest BCUT2D eigenvalue weighted by atomic mass is 16.5. The van der Waals surface area contributed by atoms with Crippen LogP contribution in [0.2, 0.25) is 0 Å². The standard InChI is InChI=1S/C17H16N2O3/c1-21-12-7-5-6-11(10-12)15-17(22-2)16(19-18-15)13-8-3-4-9-14(13)20/h3-10,20H,1-2H3,(H,18,19). The van der Waals surface area contributed by atoms with Crippen molar-refractivity contribution in [2.45, 2.75) is 0 Å². The molecule has 0 aliphatic carbocycles. The third-order valence-corrected chi connectivity index (χ3v) is 3.44. The van der Waals surface area contributed by atoms with E-state index in [2.05, 4.69) is 10.2 Å². The summed E-state index contributed by atoms with van der Waals surface area (Å²) < 4.78 is 10.7. The molecule has 0 unspecified atom stereocenters. The molecule has 0 fully saturated rings. The van der Waals surface area contributed by atoms with Crippen LogP contribution in [-0.2, 0) is 0 Å². The lowest BCUT2D eigenvalue weighted by Gasteiger charge is -2.07. The van der Waals surface area contributed by atoms with E-state index in [1.807, 2.05) is 30.3 Å². The highest BCUT2D eigenvalue weighted by molar-refractivity contribution is 5.80. The molecular formula is C17H16N2O3. The van der Waals surface area contributed by atoms with Crippen molar-refractivity contribution in [2.75, 3.05) is 14.2 Å². The Labute approximate surface area is 128 Å². The van der Waals surface area contributed by atoms with E-state index in [1.165, 1.54) is 0 Å². The molecule has 112 valence electrons. The van der Waals surface area contributed by atoms with Crippen molar-refractivity contribution in [1.82, 2.24) is 10.2 Å². The van der Waals surface area contributed by atoms with E-state index in [0.717, 1.165) is 11.3 Å². The van der Waals surface area contributed by atoms with Crippen LogP contribution in [0, 0.1) is 0 Å². The van der Waals surface area contributed by atoms with Gasteiger partial charge in [0.25, 0.3) is 0 Å². The van der Waals surface area contributed by atoms with E-state index < -0.39 is 0 Å². The molecule has 0 amide bonds. The molecule has 0 saturated carbocycles. The molecule has 0 spiro atoms. The van der Waals surface area contributed by atoms with Crippen molar-refractivity contribution in [3.63, 3.8) is 0 Å². The molecule has 5 nitrogen and oxygen atoms in total. The number of hydrogen-bond acceptors (Lipinski definition) is 4. The molecule has 0 bridgehead atoms. The first-order valence-electron chi connectivity index (χ1n) is 6.79. The Morgan fingerprint density at radius 1 is 1.00 bits per heavy atom. The number of para-hydroxylation sites is 1.